The lowest BCUT2D eigenvalue weighted by molar-refractivity contribution is 0.160. The Kier molecular flexibility index (Phi) is 5.05. The van der Waals surface area contributed by atoms with Gasteiger partial charge in [0.2, 0.25) is 0 Å². The van der Waals surface area contributed by atoms with Crippen molar-refractivity contribution < 1.29 is 9.18 Å². The Morgan fingerprint density at radius 2 is 2.10 bits per heavy atom. The van der Waals surface area contributed by atoms with Crippen LogP contribution in [-0.2, 0) is 0 Å². The molecular weight excluding hydrogens is 381 g/mol. The molecule has 3 atom stereocenters. The zero-order valence-electron chi connectivity index (χ0n) is 17.3. The molecule has 0 radical (unpaired) electrons. The minimum atomic E-state index is -0.176. The first-order valence-corrected chi connectivity index (χ1v) is 11.0. The Bertz CT molecular complexity index is 919. The summed E-state index contributed by atoms with van der Waals surface area (Å²) in [5, 5.41) is 11.5. The van der Waals surface area contributed by atoms with Crippen molar-refractivity contribution in [2.24, 2.45) is 0 Å². The molecule has 2 aromatic rings. The maximum Gasteiger partial charge on any atom is 0.318 e. The van der Waals surface area contributed by atoms with Crippen molar-refractivity contribution in [3.8, 4) is 0 Å². The van der Waals surface area contributed by atoms with E-state index < -0.39 is 0 Å². The average Bonchev–Trinajstić information content (AvgIpc) is 3.68. The Hall–Kier alpha value is -2.70. The van der Waals surface area contributed by atoms with Gasteiger partial charge in [-0.25, -0.2) is 9.18 Å². The number of carbonyl (C=O) groups is 1. The van der Waals surface area contributed by atoms with E-state index in [2.05, 4.69) is 25.3 Å². The fraction of sp³-hybridized carbons (Fsp3) is 0.522. The second-order valence-electron chi connectivity index (χ2n) is 8.87. The molecule has 0 bridgehead atoms. The van der Waals surface area contributed by atoms with Gasteiger partial charge in [0.25, 0.3) is 0 Å². The first-order chi connectivity index (χ1) is 14.6. The third kappa shape index (κ3) is 3.98. The second kappa shape index (κ2) is 7.85. The molecular formula is C23H28FN5O. The number of hydrogen-bond acceptors (Lipinski definition) is 4. The number of anilines is 1. The predicted molar refractivity (Wildman–Crippen MR) is 113 cm³/mol. The highest BCUT2D eigenvalue weighted by molar-refractivity contribution is 5.76. The second-order valence-corrected chi connectivity index (χ2v) is 8.87. The topological polar surface area (TPSA) is 61.4 Å². The Balaban J connectivity index is 1.24. The van der Waals surface area contributed by atoms with Gasteiger partial charge in [-0.2, -0.15) is 5.10 Å². The first kappa shape index (κ1) is 19.3. The minimum absolute atomic E-state index is 0.0508. The van der Waals surface area contributed by atoms with Crippen LogP contribution in [0.1, 0.15) is 49.1 Å². The molecule has 1 N–H and O–H groups in total. The SMILES string of the molecule is Cc1cc(C2CC2NC(=O)N(C2CC2)[C@@H]2CCCN(c3cccnn3)C2)ccc1F. The van der Waals surface area contributed by atoms with Crippen molar-refractivity contribution in [3.63, 3.8) is 0 Å². The summed E-state index contributed by atoms with van der Waals surface area (Å²) < 4.78 is 13.6. The van der Waals surface area contributed by atoms with Crippen LogP contribution in [0.4, 0.5) is 15.0 Å². The molecule has 3 aliphatic rings. The maximum absolute atomic E-state index is 13.6. The standard InChI is InChI=1S/C23H28FN5O/c1-15-12-16(6-9-20(15)24)19-13-21(19)26-23(30)29(17-7-8-17)18-4-3-11-28(14-18)22-5-2-10-25-27-22/h2,5-6,9-10,12,17-19,21H,3-4,7-8,11,13-14H2,1H3,(H,26,30)/t18-,19?,21?/m1/s1. The number of nitrogens with one attached hydrogen (secondary N) is 1. The third-order valence-electron chi connectivity index (χ3n) is 6.56. The van der Waals surface area contributed by atoms with Crippen molar-refractivity contribution >= 4 is 11.8 Å². The van der Waals surface area contributed by atoms with Crippen LogP contribution < -0.4 is 10.2 Å². The lowest BCUT2D eigenvalue weighted by Crippen LogP contribution is -2.54. The van der Waals surface area contributed by atoms with E-state index >= 15 is 0 Å². The van der Waals surface area contributed by atoms with Crippen LogP contribution in [-0.4, -0.2) is 52.3 Å². The molecule has 1 aromatic carbocycles. The maximum atomic E-state index is 13.6. The van der Waals surface area contributed by atoms with Gasteiger partial charge < -0.3 is 15.1 Å². The van der Waals surface area contributed by atoms with Crippen LogP contribution in [0.25, 0.3) is 0 Å². The Labute approximate surface area is 176 Å². The van der Waals surface area contributed by atoms with E-state index in [1.807, 2.05) is 24.3 Å². The summed E-state index contributed by atoms with van der Waals surface area (Å²) in [7, 11) is 0. The largest absolute Gasteiger partial charge is 0.353 e. The molecule has 2 saturated carbocycles. The molecule has 2 unspecified atom stereocenters. The van der Waals surface area contributed by atoms with E-state index in [-0.39, 0.29) is 29.8 Å². The molecule has 7 heteroatoms. The number of urea groups is 1. The lowest BCUT2D eigenvalue weighted by atomic mass is 10.0. The molecule has 5 rings (SSSR count). The van der Waals surface area contributed by atoms with Gasteiger partial charge >= 0.3 is 6.03 Å². The number of carbonyl (C=O) groups excluding carboxylic acids is 1. The van der Waals surface area contributed by atoms with Crippen molar-refractivity contribution in [2.75, 3.05) is 18.0 Å². The highest BCUT2D eigenvalue weighted by atomic mass is 19.1. The van der Waals surface area contributed by atoms with Gasteiger partial charge in [-0.05, 0) is 68.4 Å². The molecule has 2 aliphatic carbocycles. The van der Waals surface area contributed by atoms with E-state index in [0.29, 0.717) is 11.6 Å². The number of rotatable bonds is 5. The van der Waals surface area contributed by atoms with E-state index in [0.717, 1.165) is 56.6 Å². The van der Waals surface area contributed by atoms with Crippen molar-refractivity contribution in [1.82, 2.24) is 20.4 Å². The van der Waals surface area contributed by atoms with Crippen molar-refractivity contribution in [1.29, 1.82) is 0 Å². The first-order valence-electron chi connectivity index (χ1n) is 11.0. The van der Waals surface area contributed by atoms with Gasteiger partial charge in [-0.15, -0.1) is 5.10 Å². The van der Waals surface area contributed by atoms with E-state index in [1.54, 1.807) is 13.1 Å². The fourth-order valence-corrected chi connectivity index (χ4v) is 4.69. The van der Waals surface area contributed by atoms with E-state index in [9.17, 15) is 9.18 Å². The molecule has 30 heavy (non-hydrogen) atoms. The van der Waals surface area contributed by atoms with E-state index in [1.165, 1.54) is 6.07 Å². The van der Waals surface area contributed by atoms with Gasteiger partial charge in [-0.1, -0.05) is 12.1 Å². The number of halogens is 1. The quantitative estimate of drug-likeness (QED) is 0.819. The molecule has 1 aromatic heterocycles. The highest BCUT2D eigenvalue weighted by Crippen LogP contribution is 2.42. The number of benzene rings is 1. The zero-order chi connectivity index (χ0) is 20.7. The average molecular weight is 410 g/mol. The molecule has 0 spiro atoms. The van der Waals surface area contributed by atoms with Crippen molar-refractivity contribution in [3.05, 3.63) is 53.5 Å². The normalized spacial score (nSPS) is 25.7. The minimum Gasteiger partial charge on any atom is -0.353 e. The summed E-state index contributed by atoms with van der Waals surface area (Å²) in [5.74, 6) is 0.994. The van der Waals surface area contributed by atoms with Crippen LogP contribution in [0.3, 0.4) is 0 Å². The lowest BCUT2D eigenvalue weighted by Gasteiger charge is -2.40. The fourth-order valence-electron chi connectivity index (χ4n) is 4.69. The molecule has 158 valence electrons. The summed E-state index contributed by atoms with van der Waals surface area (Å²) in [6.07, 6.45) is 6.83. The number of piperidine rings is 1. The predicted octanol–water partition coefficient (Wildman–Crippen LogP) is 3.62. The zero-order valence-corrected chi connectivity index (χ0v) is 17.3. The van der Waals surface area contributed by atoms with Gasteiger partial charge in [0.15, 0.2) is 5.82 Å². The number of nitrogens with zero attached hydrogens (tertiary/aromatic N) is 4. The van der Waals surface area contributed by atoms with Crippen LogP contribution in [0.5, 0.6) is 0 Å². The number of aryl methyl sites for hydroxylation is 1. The molecule has 1 aliphatic heterocycles. The van der Waals surface area contributed by atoms with Crippen LogP contribution in [0.15, 0.2) is 36.5 Å². The van der Waals surface area contributed by atoms with Crippen molar-refractivity contribution in [2.45, 2.75) is 63.1 Å². The smallest absolute Gasteiger partial charge is 0.318 e. The Morgan fingerprint density at radius 1 is 1.23 bits per heavy atom. The van der Waals surface area contributed by atoms with Crippen LogP contribution in [0, 0.1) is 12.7 Å². The van der Waals surface area contributed by atoms with Gasteiger partial charge in [-0.3, -0.25) is 0 Å². The van der Waals surface area contributed by atoms with Gasteiger partial charge in [0.1, 0.15) is 5.82 Å². The molecule has 6 nitrogen and oxygen atoms in total. The Morgan fingerprint density at radius 3 is 2.83 bits per heavy atom. The third-order valence-corrected chi connectivity index (χ3v) is 6.56. The van der Waals surface area contributed by atoms with Gasteiger partial charge in [0.05, 0.1) is 6.04 Å². The summed E-state index contributed by atoms with van der Waals surface area (Å²) in [6.45, 7) is 3.54. The van der Waals surface area contributed by atoms with Crippen LogP contribution in [0.2, 0.25) is 0 Å². The molecule has 2 amide bonds. The highest BCUT2D eigenvalue weighted by Gasteiger charge is 2.44. The van der Waals surface area contributed by atoms with Gasteiger partial charge in [0, 0.05) is 37.3 Å². The number of hydrogen-bond donors (Lipinski definition) is 1. The summed E-state index contributed by atoms with van der Waals surface area (Å²) in [6, 6.07) is 9.90. The monoisotopic (exact) mass is 409 g/mol. The summed E-state index contributed by atoms with van der Waals surface area (Å²) in [4.78, 5) is 17.6. The van der Waals surface area contributed by atoms with Crippen LogP contribution >= 0.6 is 0 Å². The number of aromatic nitrogens is 2. The van der Waals surface area contributed by atoms with E-state index in [4.69, 9.17) is 0 Å². The molecule has 1 saturated heterocycles. The molecule has 2 heterocycles. The summed E-state index contributed by atoms with van der Waals surface area (Å²) in [5.41, 5.74) is 1.78. The summed E-state index contributed by atoms with van der Waals surface area (Å²) >= 11 is 0. The number of amides is 2. The molecule has 3 fully saturated rings.